The summed E-state index contributed by atoms with van der Waals surface area (Å²) < 4.78 is 0. The molecule has 0 heterocycles. The van der Waals surface area contributed by atoms with Crippen LogP contribution in [0.3, 0.4) is 0 Å². The largest absolute Gasteiger partial charge is 0.480 e. The molecule has 3 amide bonds. The van der Waals surface area contributed by atoms with Gasteiger partial charge in [-0.25, -0.2) is 4.79 Å². The Labute approximate surface area is 139 Å². The van der Waals surface area contributed by atoms with Crippen molar-refractivity contribution in [3.8, 4) is 0 Å². The monoisotopic (exact) mass is 335 g/mol. The highest BCUT2D eigenvalue weighted by Crippen LogP contribution is 2.06. The first-order valence-electron chi connectivity index (χ1n) is 7.41. The number of hydrogen-bond donors (Lipinski definition) is 4. The zero-order chi connectivity index (χ0) is 18.3. The lowest BCUT2D eigenvalue weighted by Gasteiger charge is -2.16. The third-order valence-electron chi connectivity index (χ3n) is 3.16. The van der Waals surface area contributed by atoms with Crippen LogP contribution in [0.15, 0.2) is 24.3 Å². The summed E-state index contributed by atoms with van der Waals surface area (Å²) in [5, 5.41) is 13.8. The molecule has 1 rings (SSSR count). The van der Waals surface area contributed by atoms with Crippen LogP contribution in [-0.4, -0.2) is 41.4 Å². The number of hydrogen-bond acceptors (Lipinski definition) is 4. The minimum absolute atomic E-state index is 0.0949. The minimum Gasteiger partial charge on any atom is -0.480 e. The maximum Gasteiger partial charge on any atom is 0.326 e. The molecule has 0 aromatic heterocycles. The van der Waals surface area contributed by atoms with Gasteiger partial charge < -0.3 is 21.5 Å². The summed E-state index contributed by atoms with van der Waals surface area (Å²) >= 11 is 0. The summed E-state index contributed by atoms with van der Waals surface area (Å²) in [6, 6.07) is 4.74. The van der Waals surface area contributed by atoms with Crippen LogP contribution in [0.1, 0.15) is 41.0 Å². The average molecular weight is 335 g/mol. The Balaban J connectivity index is 2.60. The summed E-state index contributed by atoms with van der Waals surface area (Å²) in [4.78, 5) is 45.9. The molecule has 8 nitrogen and oxygen atoms in total. The van der Waals surface area contributed by atoms with Crippen LogP contribution in [0.2, 0.25) is 0 Å². The molecular formula is C16H21N3O5. The highest BCUT2D eigenvalue weighted by molar-refractivity contribution is 6.00. The molecule has 0 saturated heterocycles. The number of carbonyl (C=O) groups excluding carboxylic acids is 3. The second-order valence-corrected chi connectivity index (χ2v) is 5.72. The molecule has 0 aliphatic carbocycles. The van der Waals surface area contributed by atoms with Crippen LogP contribution in [0.5, 0.6) is 0 Å². The molecule has 0 aliphatic rings. The normalized spacial score (nSPS) is 11.6. The predicted octanol–water partition coefficient (Wildman–Crippen LogP) is 0.131. The Bertz CT molecular complexity index is 642. The molecule has 0 bridgehead atoms. The summed E-state index contributed by atoms with van der Waals surface area (Å²) in [5.74, 6) is -2.87. The Morgan fingerprint density at radius 2 is 1.79 bits per heavy atom. The number of amides is 3. The number of nitrogens with one attached hydrogen (secondary N) is 2. The molecule has 1 atom stereocenters. The lowest BCUT2D eigenvalue weighted by molar-refractivity contribution is -0.142. The van der Waals surface area contributed by atoms with Gasteiger partial charge in [-0.1, -0.05) is 19.9 Å². The second-order valence-electron chi connectivity index (χ2n) is 5.72. The van der Waals surface area contributed by atoms with E-state index in [9.17, 15) is 19.2 Å². The van der Waals surface area contributed by atoms with Gasteiger partial charge in [0.05, 0.1) is 6.54 Å². The van der Waals surface area contributed by atoms with Gasteiger partial charge in [0.15, 0.2) is 0 Å². The third kappa shape index (κ3) is 6.07. The fourth-order valence-corrected chi connectivity index (χ4v) is 2.01. The van der Waals surface area contributed by atoms with E-state index >= 15 is 0 Å². The lowest BCUT2D eigenvalue weighted by atomic mass is 10.0. The zero-order valence-electron chi connectivity index (χ0n) is 13.5. The van der Waals surface area contributed by atoms with Crippen molar-refractivity contribution in [1.29, 1.82) is 0 Å². The number of carbonyl (C=O) groups is 4. The molecule has 0 unspecified atom stereocenters. The summed E-state index contributed by atoms with van der Waals surface area (Å²) in [6.45, 7) is 3.31. The SMILES string of the molecule is CC(C)C[C@H](NC(=O)CNC(=O)c1cccc(C(N)=O)c1)C(=O)O. The van der Waals surface area contributed by atoms with Crippen molar-refractivity contribution in [3.63, 3.8) is 0 Å². The second kappa shape index (κ2) is 8.66. The van der Waals surface area contributed by atoms with Crippen molar-refractivity contribution in [2.75, 3.05) is 6.54 Å². The molecule has 0 spiro atoms. The van der Waals surface area contributed by atoms with Crippen molar-refractivity contribution in [3.05, 3.63) is 35.4 Å². The molecule has 0 radical (unpaired) electrons. The predicted molar refractivity (Wildman–Crippen MR) is 86.3 cm³/mol. The first-order chi connectivity index (χ1) is 11.2. The van der Waals surface area contributed by atoms with E-state index in [1.54, 1.807) is 0 Å². The van der Waals surface area contributed by atoms with Gasteiger partial charge in [0.25, 0.3) is 5.91 Å². The number of nitrogens with two attached hydrogens (primary N) is 1. The molecule has 8 heteroatoms. The van der Waals surface area contributed by atoms with Gasteiger partial charge >= 0.3 is 5.97 Å². The smallest absolute Gasteiger partial charge is 0.326 e. The van der Waals surface area contributed by atoms with Gasteiger partial charge in [-0.05, 0) is 30.5 Å². The van der Waals surface area contributed by atoms with E-state index in [2.05, 4.69) is 10.6 Å². The number of rotatable bonds is 8. The van der Waals surface area contributed by atoms with Crippen molar-refractivity contribution >= 4 is 23.7 Å². The Morgan fingerprint density at radius 3 is 2.33 bits per heavy atom. The van der Waals surface area contributed by atoms with Gasteiger partial charge in [-0.2, -0.15) is 0 Å². The first-order valence-corrected chi connectivity index (χ1v) is 7.41. The van der Waals surface area contributed by atoms with Crippen molar-refractivity contribution in [1.82, 2.24) is 10.6 Å². The standard InChI is InChI=1S/C16H21N3O5/c1-9(2)6-12(16(23)24)19-13(20)8-18-15(22)11-5-3-4-10(7-11)14(17)21/h3-5,7,9,12H,6,8H2,1-2H3,(H2,17,21)(H,18,22)(H,19,20)(H,23,24)/t12-/m0/s1. The fraction of sp³-hybridized carbons (Fsp3) is 0.375. The fourth-order valence-electron chi connectivity index (χ4n) is 2.01. The first kappa shape index (κ1) is 19.1. The molecule has 5 N–H and O–H groups in total. The number of aliphatic carboxylic acids is 1. The topological polar surface area (TPSA) is 139 Å². The quantitative estimate of drug-likeness (QED) is 0.535. The van der Waals surface area contributed by atoms with Gasteiger partial charge in [-0.3, -0.25) is 14.4 Å². The average Bonchev–Trinajstić information content (AvgIpc) is 2.51. The van der Waals surface area contributed by atoms with Gasteiger partial charge in [0, 0.05) is 11.1 Å². The Morgan fingerprint density at radius 1 is 1.17 bits per heavy atom. The Kier molecular flexibility index (Phi) is 6.91. The van der Waals surface area contributed by atoms with Crippen LogP contribution < -0.4 is 16.4 Å². The third-order valence-corrected chi connectivity index (χ3v) is 3.16. The maximum atomic E-state index is 12.0. The van der Waals surface area contributed by atoms with Crippen molar-refractivity contribution < 1.29 is 24.3 Å². The van der Waals surface area contributed by atoms with E-state index in [1.807, 2.05) is 13.8 Å². The summed E-state index contributed by atoms with van der Waals surface area (Å²) in [6.07, 6.45) is 0.287. The van der Waals surface area contributed by atoms with E-state index in [-0.39, 0.29) is 30.0 Å². The molecule has 0 saturated carbocycles. The summed E-state index contributed by atoms with van der Waals surface area (Å²) in [7, 11) is 0. The number of carboxylic acid groups (broad SMARTS) is 1. The maximum absolute atomic E-state index is 12.0. The van der Waals surface area contributed by atoms with Crippen molar-refractivity contribution in [2.45, 2.75) is 26.3 Å². The van der Waals surface area contributed by atoms with E-state index in [0.717, 1.165) is 0 Å². The van der Waals surface area contributed by atoms with Gasteiger partial charge in [-0.15, -0.1) is 0 Å². The molecule has 1 aromatic rings. The highest BCUT2D eigenvalue weighted by Gasteiger charge is 2.21. The Hall–Kier alpha value is -2.90. The van der Waals surface area contributed by atoms with Crippen LogP contribution in [-0.2, 0) is 9.59 Å². The lowest BCUT2D eigenvalue weighted by Crippen LogP contribution is -2.46. The van der Waals surface area contributed by atoms with Crippen LogP contribution >= 0.6 is 0 Å². The molecule has 1 aromatic carbocycles. The van der Waals surface area contributed by atoms with Crippen LogP contribution in [0.4, 0.5) is 0 Å². The van der Waals surface area contributed by atoms with Crippen LogP contribution in [0.25, 0.3) is 0 Å². The van der Waals surface area contributed by atoms with E-state index in [4.69, 9.17) is 10.8 Å². The van der Waals surface area contributed by atoms with Crippen LogP contribution in [0, 0.1) is 5.92 Å². The highest BCUT2D eigenvalue weighted by atomic mass is 16.4. The number of primary amides is 1. The molecule has 130 valence electrons. The van der Waals surface area contributed by atoms with Crippen molar-refractivity contribution in [2.24, 2.45) is 11.7 Å². The van der Waals surface area contributed by atoms with E-state index in [0.29, 0.717) is 0 Å². The molecule has 0 aliphatic heterocycles. The zero-order valence-corrected chi connectivity index (χ0v) is 13.5. The molecule has 0 fully saturated rings. The van der Waals surface area contributed by atoms with E-state index in [1.165, 1.54) is 24.3 Å². The van der Waals surface area contributed by atoms with Gasteiger partial charge in [0.2, 0.25) is 11.8 Å². The number of benzene rings is 1. The van der Waals surface area contributed by atoms with E-state index < -0.39 is 29.7 Å². The minimum atomic E-state index is -1.13. The molecular weight excluding hydrogens is 314 g/mol. The molecule has 24 heavy (non-hydrogen) atoms. The van der Waals surface area contributed by atoms with Gasteiger partial charge in [0.1, 0.15) is 6.04 Å². The number of carboxylic acids is 1. The summed E-state index contributed by atoms with van der Waals surface area (Å²) in [5.41, 5.74) is 5.49.